The number of benzene rings is 2. The molecule has 0 heterocycles. The van der Waals surface area contributed by atoms with E-state index in [1.165, 1.54) is 6.07 Å². The molecule has 0 amide bonds. The van der Waals surface area contributed by atoms with E-state index >= 15 is 0 Å². The molecule has 1 atom stereocenters. The number of hydrogen-bond donors (Lipinski definition) is 1. The van der Waals surface area contributed by atoms with Gasteiger partial charge in [0.15, 0.2) is 0 Å². The van der Waals surface area contributed by atoms with Crippen LogP contribution in [0.5, 0.6) is 5.75 Å². The summed E-state index contributed by atoms with van der Waals surface area (Å²) in [4.78, 5) is 0. The average Bonchev–Trinajstić information content (AvgIpc) is 2.49. The molecule has 21 heavy (non-hydrogen) atoms. The first-order valence-electron chi connectivity index (χ1n) is 6.55. The van der Waals surface area contributed by atoms with Crippen LogP contribution < -0.4 is 10.1 Å². The Morgan fingerprint density at radius 3 is 2.71 bits per heavy atom. The minimum Gasteiger partial charge on any atom is -0.489 e. The zero-order chi connectivity index (χ0) is 15.4. The van der Waals surface area contributed by atoms with Crippen molar-refractivity contribution in [3.8, 4) is 5.75 Å². The highest BCUT2D eigenvalue weighted by Gasteiger charge is 2.12. The fraction of sp³-hybridized carbons (Fsp3) is 0.250. The third kappa shape index (κ3) is 4.05. The van der Waals surface area contributed by atoms with Gasteiger partial charge in [0.2, 0.25) is 0 Å². The average molecular weight is 417 g/mol. The van der Waals surface area contributed by atoms with Crippen LogP contribution in [0, 0.1) is 5.82 Å². The van der Waals surface area contributed by atoms with Crippen LogP contribution in [-0.2, 0) is 6.61 Å². The molecule has 0 aliphatic heterocycles. The monoisotopic (exact) mass is 415 g/mol. The van der Waals surface area contributed by atoms with Gasteiger partial charge in [-0.15, -0.1) is 0 Å². The fourth-order valence-corrected chi connectivity index (χ4v) is 2.72. The van der Waals surface area contributed by atoms with Crippen molar-refractivity contribution in [2.45, 2.75) is 19.6 Å². The van der Waals surface area contributed by atoms with E-state index in [0.717, 1.165) is 21.3 Å². The SMILES string of the molecule is CNC(C)c1cc(Br)ccc1OCc1cccc(F)c1Br. The van der Waals surface area contributed by atoms with E-state index in [2.05, 4.69) is 44.1 Å². The number of rotatable bonds is 5. The molecule has 2 aromatic carbocycles. The van der Waals surface area contributed by atoms with Crippen LogP contribution in [-0.4, -0.2) is 7.05 Å². The third-order valence-electron chi connectivity index (χ3n) is 3.29. The molecule has 0 fully saturated rings. The Kier molecular flexibility index (Phi) is 5.79. The first kappa shape index (κ1) is 16.5. The minimum atomic E-state index is -0.282. The molecule has 0 aliphatic rings. The molecule has 0 aliphatic carbocycles. The van der Waals surface area contributed by atoms with E-state index in [1.807, 2.05) is 31.3 Å². The molecule has 2 nitrogen and oxygen atoms in total. The number of ether oxygens (including phenoxy) is 1. The predicted octanol–water partition coefficient (Wildman–Crippen LogP) is 5.21. The van der Waals surface area contributed by atoms with Crippen molar-refractivity contribution in [3.63, 3.8) is 0 Å². The number of halogens is 3. The van der Waals surface area contributed by atoms with Gasteiger partial charge in [-0.05, 0) is 54.2 Å². The van der Waals surface area contributed by atoms with Gasteiger partial charge < -0.3 is 10.1 Å². The van der Waals surface area contributed by atoms with E-state index in [4.69, 9.17) is 4.74 Å². The Hall–Kier alpha value is -0.910. The van der Waals surface area contributed by atoms with E-state index in [-0.39, 0.29) is 11.9 Å². The molecule has 2 rings (SSSR count). The molecule has 1 N–H and O–H groups in total. The maximum Gasteiger partial charge on any atom is 0.137 e. The normalized spacial score (nSPS) is 12.2. The summed E-state index contributed by atoms with van der Waals surface area (Å²) in [5, 5.41) is 3.20. The quantitative estimate of drug-likeness (QED) is 0.722. The van der Waals surface area contributed by atoms with Crippen LogP contribution in [0.15, 0.2) is 45.3 Å². The first-order chi connectivity index (χ1) is 10.0. The summed E-state index contributed by atoms with van der Waals surface area (Å²) in [6.45, 7) is 2.37. The highest BCUT2D eigenvalue weighted by atomic mass is 79.9. The van der Waals surface area contributed by atoms with Crippen molar-refractivity contribution in [1.29, 1.82) is 0 Å². The number of hydrogen-bond acceptors (Lipinski definition) is 2. The van der Waals surface area contributed by atoms with Gasteiger partial charge >= 0.3 is 0 Å². The van der Waals surface area contributed by atoms with Crippen LogP contribution >= 0.6 is 31.9 Å². The lowest BCUT2D eigenvalue weighted by atomic mass is 10.1. The molecule has 112 valence electrons. The lowest BCUT2D eigenvalue weighted by molar-refractivity contribution is 0.298. The smallest absolute Gasteiger partial charge is 0.137 e. The molecule has 2 aromatic rings. The van der Waals surface area contributed by atoms with E-state index in [9.17, 15) is 4.39 Å². The van der Waals surface area contributed by atoms with Crippen molar-refractivity contribution in [2.24, 2.45) is 0 Å². The molecule has 0 saturated carbocycles. The molecule has 0 saturated heterocycles. The summed E-state index contributed by atoms with van der Waals surface area (Å²) in [6, 6.07) is 11.0. The Balaban J connectivity index is 2.22. The molecule has 5 heteroatoms. The van der Waals surface area contributed by atoms with Crippen molar-refractivity contribution in [3.05, 3.63) is 62.3 Å². The molecule has 0 bridgehead atoms. The lowest BCUT2D eigenvalue weighted by Gasteiger charge is -2.17. The second kappa shape index (κ2) is 7.38. The van der Waals surface area contributed by atoms with Gasteiger partial charge in [-0.3, -0.25) is 0 Å². The van der Waals surface area contributed by atoms with Gasteiger partial charge in [-0.1, -0.05) is 28.1 Å². The zero-order valence-corrected chi connectivity index (χ0v) is 15.0. The zero-order valence-electron chi connectivity index (χ0n) is 11.8. The van der Waals surface area contributed by atoms with Gasteiger partial charge in [0.05, 0.1) is 4.47 Å². The van der Waals surface area contributed by atoms with Gasteiger partial charge in [-0.25, -0.2) is 4.39 Å². The molecular weight excluding hydrogens is 401 g/mol. The highest BCUT2D eigenvalue weighted by molar-refractivity contribution is 9.10. The molecule has 0 aromatic heterocycles. The summed E-state index contributed by atoms with van der Waals surface area (Å²) in [6.07, 6.45) is 0. The first-order valence-corrected chi connectivity index (χ1v) is 8.14. The third-order valence-corrected chi connectivity index (χ3v) is 4.67. The number of nitrogens with one attached hydrogen (secondary N) is 1. The van der Waals surface area contributed by atoms with Crippen LogP contribution in [0.4, 0.5) is 4.39 Å². The summed E-state index contributed by atoms with van der Waals surface area (Å²) in [5.41, 5.74) is 1.83. The van der Waals surface area contributed by atoms with Crippen molar-refractivity contribution < 1.29 is 9.13 Å². The van der Waals surface area contributed by atoms with Crippen molar-refractivity contribution in [2.75, 3.05) is 7.05 Å². The van der Waals surface area contributed by atoms with Crippen LogP contribution in [0.1, 0.15) is 24.1 Å². The predicted molar refractivity (Wildman–Crippen MR) is 90.0 cm³/mol. The van der Waals surface area contributed by atoms with Crippen molar-refractivity contribution >= 4 is 31.9 Å². The summed E-state index contributed by atoms with van der Waals surface area (Å²) < 4.78 is 20.8. The Labute approximate surface area is 141 Å². The maximum absolute atomic E-state index is 13.5. The summed E-state index contributed by atoms with van der Waals surface area (Å²) in [7, 11) is 1.90. The molecule has 0 spiro atoms. The Morgan fingerprint density at radius 1 is 1.24 bits per heavy atom. The minimum absolute atomic E-state index is 0.161. The van der Waals surface area contributed by atoms with Gasteiger partial charge in [0.1, 0.15) is 18.2 Å². The van der Waals surface area contributed by atoms with E-state index in [0.29, 0.717) is 11.1 Å². The Bertz CT molecular complexity index is 634. The van der Waals surface area contributed by atoms with E-state index in [1.54, 1.807) is 6.07 Å². The molecule has 1 unspecified atom stereocenters. The van der Waals surface area contributed by atoms with Crippen molar-refractivity contribution in [1.82, 2.24) is 5.32 Å². The standard InChI is InChI=1S/C16H16Br2FNO/c1-10(20-2)13-8-12(17)6-7-15(13)21-9-11-4-3-5-14(19)16(11)18/h3-8,10,20H,9H2,1-2H3. The van der Waals surface area contributed by atoms with Crippen LogP contribution in [0.3, 0.4) is 0 Å². The van der Waals surface area contributed by atoms with Crippen LogP contribution in [0.2, 0.25) is 0 Å². The summed E-state index contributed by atoms with van der Waals surface area (Å²) >= 11 is 6.72. The summed E-state index contributed by atoms with van der Waals surface area (Å²) in [5.74, 6) is 0.506. The molecule has 0 radical (unpaired) electrons. The maximum atomic E-state index is 13.5. The Morgan fingerprint density at radius 2 is 2.00 bits per heavy atom. The second-order valence-electron chi connectivity index (χ2n) is 4.69. The van der Waals surface area contributed by atoms with Gasteiger partial charge in [-0.2, -0.15) is 0 Å². The largest absolute Gasteiger partial charge is 0.489 e. The van der Waals surface area contributed by atoms with Crippen LogP contribution in [0.25, 0.3) is 0 Å². The lowest BCUT2D eigenvalue weighted by Crippen LogP contribution is -2.14. The highest BCUT2D eigenvalue weighted by Crippen LogP contribution is 2.30. The van der Waals surface area contributed by atoms with E-state index < -0.39 is 0 Å². The second-order valence-corrected chi connectivity index (χ2v) is 6.40. The topological polar surface area (TPSA) is 21.3 Å². The van der Waals surface area contributed by atoms with Gasteiger partial charge in [0, 0.05) is 21.6 Å². The van der Waals surface area contributed by atoms with Gasteiger partial charge in [0.25, 0.3) is 0 Å². The molecular formula is C16H16Br2FNO. The fourth-order valence-electron chi connectivity index (χ4n) is 1.96.